The first-order valence-corrected chi connectivity index (χ1v) is 9.81. The van der Waals surface area contributed by atoms with Crippen LogP contribution in [-0.4, -0.2) is 46.2 Å². The predicted octanol–water partition coefficient (Wildman–Crippen LogP) is 2.36. The number of carbonyl (C=O) groups excluding carboxylic acids is 2. The highest BCUT2D eigenvalue weighted by molar-refractivity contribution is 7.86. The minimum absolute atomic E-state index is 0.0190. The molecule has 1 aliphatic rings. The Morgan fingerprint density at radius 2 is 2.11 bits per heavy atom. The molecular weight excluding hydrogens is 383 g/mol. The average molecular weight is 406 g/mol. The van der Waals surface area contributed by atoms with E-state index in [0.717, 1.165) is 12.5 Å². The molecule has 0 N–H and O–H groups in total. The molecule has 10 heteroatoms. The quantitative estimate of drug-likeness (QED) is 0.350. The molecule has 1 atom stereocenters. The molecule has 1 heterocycles. The summed E-state index contributed by atoms with van der Waals surface area (Å²) in [7, 11) is -3.40. The van der Waals surface area contributed by atoms with Gasteiger partial charge in [0.15, 0.2) is 17.8 Å². The zero-order valence-corrected chi connectivity index (χ0v) is 15.6. The second kappa shape index (κ2) is 9.65. The molecule has 1 saturated heterocycles. The van der Waals surface area contributed by atoms with Crippen molar-refractivity contribution < 1.29 is 42.2 Å². The van der Waals surface area contributed by atoms with E-state index >= 15 is 0 Å². The minimum Gasteiger partial charge on any atom is -0.469 e. The molecule has 0 bridgehead atoms. The molecule has 0 aliphatic carbocycles. The number of Topliss-reactive ketones (excluding diaryl/α,β-unsaturated/α-hetero) is 1. The van der Waals surface area contributed by atoms with Crippen LogP contribution in [0, 0.1) is 0 Å². The average Bonchev–Trinajstić information content (AvgIpc) is 2.66. The fourth-order valence-electron chi connectivity index (χ4n) is 2.32. The highest BCUT2D eigenvalue weighted by Crippen LogP contribution is 2.29. The lowest BCUT2D eigenvalue weighted by Crippen LogP contribution is -2.25. The lowest BCUT2D eigenvalue weighted by atomic mass is 10.1. The molecule has 0 aromatic heterocycles. The summed E-state index contributed by atoms with van der Waals surface area (Å²) in [6, 6.07) is 1.85. The smallest absolute Gasteiger partial charge is 0.339 e. The molecule has 0 amide bonds. The lowest BCUT2D eigenvalue weighted by molar-refractivity contribution is -0.140. The summed E-state index contributed by atoms with van der Waals surface area (Å²) in [4.78, 5) is 23.6. The summed E-state index contributed by atoms with van der Waals surface area (Å²) >= 11 is 0. The van der Waals surface area contributed by atoms with Crippen LogP contribution in [0.5, 0.6) is 11.5 Å². The van der Waals surface area contributed by atoms with Gasteiger partial charge in [-0.25, -0.2) is 4.39 Å². The Hall–Kier alpha value is -2.20. The van der Waals surface area contributed by atoms with Crippen molar-refractivity contribution in [3.63, 3.8) is 0 Å². The fraction of sp³-hybridized carbons (Fsp3) is 0.529. The van der Waals surface area contributed by atoms with Gasteiger partial charge in [-0.05, 0) is 25.0 Å². The van der Waals surface area contributed by atoms with Crippen molar-refractivity contribution in [2.24, 2.45) is 0 Å². The van der Waals surface area contributed by atoms with Gasteiger partial charge in [-0.1, -0.05) is 0 Å². The van der Waals surface area contributed by atoms with Crippen LogP contribution in [0.3, 0.4) is 0 Å². The van der Waals surface area contributed by atoms with Crippen LogP contribution in [0.2, 0.25) is 0 Å². The van der Waals surface area contributed by atoms with E-state index in [1.165, 1.54) is 19.2 Å². The maximum absolute atomic E-state index is 12.7. The third-order valence-corrected chi connectivity index (χ3v) is 4.36. The largest absolute Gasteiger partial charge is 0.469 e. The number of rotatable bonds is 9. The number of hydrogen-bond acceptors (Lipinski definition) is 8. The van der Waals surface area contributed by atoms with E-state index in [-0.39, 0.29) is 24.2 Å². The van der Waals surface area contributed by atoms with Crippen molar-refractivity contribution in [3.8, 4) is 11.5 Å². The zero-order chi connectivity index (χ0) is 20.8. The Kier molecular flexibility index (Phi) is 6.99. The number of esters is 1. The maximum atomic E-state index is 12.7. The van der Waals surface area contributed by atoms with E-state index < -0.39 is 39.9 Å². The van der Waals surface area contributed by atoms with Crippen molar-refractivity contribution in [2.75, 3.05) is 19.7 Å². The third-order valence-electron chi connectivity index (χ3n) is 3.66. The second-order valence-electron chi connectivity index (χ2n) is 5.69. The van der Waals surface area contributed by atoms with E-state index in [9.17, 15) is 22.4 Å². The monoisotopic (exact) mass is 406 g/mol. The Labute approximate surface area is 158 Å². The standard InChI is InChI=1S/C17H21FO8S/c1-23-16(20)8-7-14(19)13-6-5-12(25-17-4-2-3-9-24-17)10-15(13)26-27(21,22)11-18/h5-6,10,17H,2-4,7-9,11H2,1H3/i17T. The van der Waals surface area contributed by atoms with E-state index in [2.05, 4.69) is 8.92 Å². The van der Waals surface area contributed by atoms with Crippen LogP contribution in [0.25, 0.3) is 0 Å². The molecule has 27 heavy (non-hydrogen) atoms. The van der Waals surface area contributed by atoms with Crippen molar-refractivity contribution in [2.45, 2.75) is 38.4 Å². The number of hydrogen-bond donors (Lipinski definition) is 0. The van der Waals surface area contributed by atoms with Crippen LogP contribution >= 0.6 is 0 Å². The molecular formula is C17H21FO8S. The van der Waals surface area contributed by atoms with Gasteiger partial charge in [0.2, 0.25) is 6.01 Å². The Balaban J connectivity index is 2.28. The number of halogens is 1. The van der Waals surface area contributed by atoms with Crippen molar-refractivity contribution in [1.82, 2.24) is 0 Å². The SMILES string of the molecule is [3H]C1(Oc2ccc(C(=O)CCC(=O)OC)c(OS(=O)(=O)CF)c2)CCCCO1. The molecule has 1 aliphatic heterocycles. The van der Waals surface area contributed by atoms with Crippen molar-refractivity contribution >= 4 is 21.9 Å². The van der Waals surface area contributed by atoms with Crippen molar-refractivity contribution in [3.05, 3.63) is 23.8 Å². The van der Waals surface area contributed by atoms with Gasteiger partial charge in [0, 0.05) is 18.9 Å². The summed E-state index contributed by atoms with van der Waals surface area (Å²) < 4.78 is 63.8. The Morgan fingerprint density at radius 1 is 1.33 bits per heavy atom. The molecule has 1 aromatic rings. The van der Waals surface area contributed by atoms with Gasteiger partial charge in [0.25, 0.3) is 0 Å². The second-order valence-corrected chi connectivity index (χ2v) is 7.19. The first-order chi connectivity index (χ1) is 13.2. The first-order valence-electron chi connectivity index (χ1n) is 8.73. The van der Waals surface area contributed by atoms with Gasteiger partial charge in [0.05, 0.1) is 25.7 Å². The van der Waals surface area contributed by atoms with Gasteiger partial charge in [-0.15, -0.1) is 0 Å². The normalized spacial score (nSPS) is 20.4. The minimum atomic E-state index is -4.57. The number of carbonyl (C=O) groups is 2. The van der Waals surface area contributed by atoms with Gasteiger partial charge < -0.3 is 18.4 Å². The van der Waals surface area contributed by atoms with E-state index in [1.807, 2.05) is 0 Å². The molecule has 2 rings (SSSR count). The molecule has 8 nitrogen and oxygen atoms in total. The van der Waals surface area contributed by atoms with Crippen LogP contribution in [0.4, 0.5) is 4.39 Å². The number of methoxy groups -OCH3 is 1. The molecule has 1 fully saturated rings. The Morgan fingerprint density at radius 3 is 2.74 bits per heavy atom. The number of benzene rings is 1. The lowest BCUT2D eigenvalue weighted by Gasteiger charge is -2.23. The van der Waals surface area contributed by atoms with Crippen molar-refractivity contribution in [1.29, 1.82) is 0 Å². The van der Waals surface area contributed by atoms with E-state index in [1.54, 1.807) is 0 Å². The topological polar surface area (TPSA) is 105 Å². The summed E-state index contributed by atoms with van der Waals surface area (Å²) in [5, 5.41) is 0. The Bertz CT molecular complexity index is 820. The summed E-state index contributed by atoms with van der Waals surface area (Å²) in [6.07, 6.45) is -0.318. The van der Waals surface area contributed by atoms with E-state index in [4.69, 9.17) is 10.8 Å². The van der Waals surface area contributed by atoms with E-state index in [0.29, 0.717) is 19.4 Å². The number of ketones is 1. The number of alkyl halides is 1. The fourth-order valence-corrected chi connectivity index (χ4v) is 2.77. The molecule has 0 radical (unpaired) electrons. The highest BCUT2D eigenvalue weighted by Gasteiger charge is 2.22. The maximum Gasteiger partial charge on any atom is 0.339 e. The van der Waals surface area contributed by atoms with Crippen LogP contribution in [0.15, 0.2) is 18.2 Å². The van der Waals surface area contributed by atoms with Crippen LogP contribution in [-0.2, 0) is 24.4 Å². The molecule has 0 spiro atoms. The van der Waals surface area contributed by atoms with Gasteiger partial charge in [-0.3, -0.25) is 9.59 Å². The van der Waals surface area contributed by atoms with Gasteiger partial charge in [-0.2, -0.15) is 8.42 Å². The van der Waals surface area contributed by atoms with Crippen LogP contribution in [0.1, 0.15) is 43.8 Å². The summed E-state index contributed by atoms with van der Waals surface area (Å²) in [5.74, 6) is -1.65. The number of ether oxygens (including phenoxy) is 3. The van der Waals surface area contributed by atoms with Gasteiger partial charge in [0.1, 0.15) is 7.12 Å². The third kappa shape index (κ3) is 6.47. The zero-order valence-electron chi connectivity index (χ0n) is 15.7. The van der Waals surface area contributed by atoms with Gasteiger partial charge >= 0.3 is 16.1 Å². The molecule has 0 saturated carbocycles. The molecule has 150 valence electrons. The first kappa shape index (κ1) is 19.6. The van der Waals surface area contributed by atoms with Crippen LogP contribution < -0.4 is 8.92 Å². The summed E-state index contributed by atoms with van der Waals surface area (Å²) in [6.45, 7) is 0.340. The predicted molar refractivity (Wildman–Crippen MR) is 91.8 cm³/mol. The highest BCUT2D eigenvalue weighted by atomic mass is 32.2. The molecule has 1 aromatic carbocycles. The molecule has 1 unspecified atom stereocenters. The summed E-state index contributed by atoms with van der Waals surface area (Å²) in [5.41, 5.74) is -0.170.